The van der Waals surface area contributed by atoms with E-state index in [1.807, 2.05) is 0 Å². The Balaban J connectivity index is 2.12. The molecular weight excluding hydrogens is 246 g/mol. The number of benzene rings is 1. The van der Waals surface area contributed by atoms with Crippen molar-refractivity contribution in [2.24, 2.45) is 0 Å². The number of hydrogen-bond donors (Lipinski definition) is 3. The van der Waals surface area contributed by atoms with Crippen LogP contribution in [0.4, 0.5) is 0 Å². The summed E-state index contributed by atoms with van der Waals surface area (Å²) in [5.41, 5.74) is -0.777. The molecule has 1 aromatic carbocycles. The molecule has 1 amide bonds. The van der Waals surface area contributed by atoms with E-state index in [2.05, 4.69) is 0 Å². The van der Waals surface area contributed by atoms with Gasteiger partial charge in [-0.05, 0) is 25.0 Å². The summed E-state index contributed by atoms with van der Waals surface area (Å²) in [7, 11) is 1.59. The highest BCUT2D eigenvalue weighted by Gasteiger charge is 2.34. The minimum atomic E-state index is -0.823. The Morgan fingerprint density at radius 3 is 2.58 bits per heavy atom. The fourth-order valence-corrected chi connectivity index (χ4v) is 2.61. The van der Waals surface area contributed by atoms with Gasteiger partial charge in [0.2, 0.25) is 0 Å². The van der Waals surface area contributed by atoms with Crippen LogP contribution in [0.2, 0.25) is 0 Å². The average molecular weight is 265 g/mol. The molecule has 0 unspecified atom stereocenters. The number of carbonyl (C=O) groups excluding carboxylic acids is 1. The van der Waals surface area contributed by atoms with Crippen LogP contribution in [0, 0.1) is 0 Å². The minimum absolute atomic E-state index is 0.0455. The number of rotatable bonds is 3. The molecule has 0 aromatic heterocycles. The maximum Gasteiger partial charge on any atom is 0.257 e. The van der Waals surface area contributed by atoms with E-state index in [9.17, 15) is 20.1 Å². The zero-order chi connectivity index (χ0) is 14.0. The first kappa shape index (κ1) is 13.7. The molecule has 5 heteroatoms. The van der Waals surface area contributed by atoms with E-state index in [1.165, 1.54) is 23.1 Å². The van der Waals surface area contributed by atoms with Gasteiger partial charge in [0.1, 0.15) is 0 Å². The summed E-state index contributed by atoms with van der Waals surface area (Å²) < 4.78 is 0. The smallest absolute Gasteiger partial charge is 0.257 e. The lowest BCUT2D eigenvalue weighted by Crippen LogP contribution is -2.42. The van der Waals surface area contributed by atoms with Crippen LogP contribution in [-0.4, -0.2) is 45.3 Å². The molecule has 104 valence electrons. The lowest BCUT2D eigenvalue weighted by Gasteiger charge is -2.28. The van der Waals surface area contributed by atoms with Gasteiger partial charge in [0.15, 0.2) is 11.5 Å². The highest BCUT2D eigenvalue weighted by atomic mass is 16.3. The number of amides is 1. The summed E-state index contributed by atoms with van der Waals surface area (Å²) in [6.07, 6.45) is 3.32. The van der Waals surface area contributed by atoms with Crippen LogP contribution in [-0.2, 0) is 0 Å². The van der Waals surface area contributed by atoms with E-state index in [0.717, 1.165) is 12.8 Å². The van der Waals surface area contributed by atoms with E-state index in [-0.39, 0.29) is 17.9 Å². The van der Waals surface area contributed by atoms with Crippen molar-refractivity contribution in [3.63, 3.8) is 0 Å². The standard InChI is InChI=1S/C14H19NO4/c1-15(9-14(19)7-2-3-8-14)13(18)10-5-4-6-11(16)12(10)17/h4-6,16-17,19H,2-3,7-9H2,1H3. The topological polar surface area (TPSA) is 81.0 Å². The second-order valence-electron chi connectivity index (χ2n) is 5.27. The lowest BCUT2D eigenvalue weighted by atomic mass is 10.0. The van der Waals surface area contributed by atoms with Gasteiger partial charge in [0.25, 0.3) is 5.91 Å². The molecule has 1 fully saturated rings. The molecule has 1 saturated carbocycles. The molecule has 0 bridgehead atoms. The van der Waals surface area contributed by atoms with E-state index in [4.69, 9.17) is 0 Å². The zero-order valence-electron chi connectivity index (χ0n) is 11.0. The van der Waals surface area contributed by atoms with Gasteiger partial charge < -0.3 is 20.2 Å². The molecule has 19 heavy (non-hydrogen) atoms. The van der Waals surface area contributed by atoms with Crippen molar-refractivity contribution in [1.82, 2.24) is 4.90 Å². The van der Waals surface area contributed by atoms with Gasteiger partial charge in [-0.1, -0.05) is 18.9 Å². The number of hydrogen-bond acceptors (Lipinski definition) is 4. The van der Waals surface area contributed by atoms with Crippen LogP contribution < -0.4 is 0 Å². The Kier molecular flexibility index (Phi) is 3.66. The first-order valence-corrected chi connectivity index (χ1v) is 6.42. The van der Waals surface area contributed by atoms with Crippen molar-refractivity contribution in [3.8, 4) is 11.5 Å². The van der Waals surface area contributed by atoms with E-state index < -0.39 is 17.3 Å². The summed E-state index contributed by atoms with van der Waals surface area (Å²) in [6, 6.07) is 4.27. The van der Waals surface area contributed by atoms with E-state index in [0.29, 0.717) is 12.8 Å². The summed E-state index contributed by atoms with van der Waals surface area (Å²) in [5.74, 6) is -1.15. The molecule has 1 aliphatic rings. The molecule has 1 aliphatic carbocycles. The molecule has 0 atom stereocenters. The van der Waals surface area contributed by atoms with Crippen molar-refractivity contribution in [2.45, 2.75) is 31.3 Å². The van der Waals surface area contributed by atoms with Crippen molar-refractivity contribution >= 4 is 5.91 Å². The van der Waals surface area contributed by atoms with Crippen LogP contribution in [0.3, 0.4) is 0 Å². The quantitative estimate of drug-likeness (QED) is 0.723. The minimum Gasteiger partial charge on any atom is -0.504 e. The molecule has 0 aliphatic heterocycles. The number of nitrogens with zero attached hydrogens (tertiary/aromatic N) is 1. The Bertz CT molecular complexity index is 480. The maximum absolute atomic E-state index is 12.2. The average Bonchev–Trinajstić information content (AvgIpc) is 2.78. The largest absolute Gasteiger partial charge is 0.504 e. The molecule has 5 nitrogen and oxygen atoms in total. The van der Waals surface area contributed by atoms with Crippen molar-refractivity contribution in [1.29, 1.82) is 0 Å². The fourth-order valence-electron chi connectivity index (χ4n) is 2.61. The van der Waals surface area contributed by atoms with Gasteiger partial charge in [-0.25, -0.2) is 0 Å². The van der Waals surface area contributed by atoms with E-state index >= 15 is 0 Å². The van der Waals surface area contributed by atoms with Gasteiger partial charge >= 0.3 is 0 Å². The Labute approximate surface area is 112 Å². The molecule has 3 N–H and O–H groups in total. The Morgan fingerprint density at radius 1 is 1.32 bits per heavy atom. The second-order valence-corrected chi connectivity index (χ2v) is 5.27. The Morgan fingerprint density at radius 2 is 1.95 bits per heavy atom. The lowest BCUT2D eigenvalue weighted by molar-refractivity contribution is 0.0155. The monoisotopic (exact) mass is 265 g/mol. The molecule has 0 heterocycles. The highest BCUT2D eigenvalue weighted by molar-refractivity contribution is 5.97. The van der Waals surface area contributed by atoms with Gasteiger partial charge in [-0.3, -0.25) is 4.79 Å². The Hall–Kier alpha value is -1.75. The summed E-state index contributed by atoms with van der Waals surface area (Å²) in [6.45, 7) is 0.237. The third kappa shape index (κ3) is 2.81. The molecule has 0 radical (unpaired) electrons. The predicted octanol–water partition coefficient (Wildman–Crippen LogP) is 1.47. The van der Waals surface area contributed by atoms with Crippen molar-refractivity contribution in [3.05, 3.63) is 23.8 Å². The summed E-state index contributed by atoms with van der Waals surface area (Å²) >= 11 is 0. The van der Waals surface area contributed by atoms with Gasteiger partial charge in [-0.2, -0.15) is 0 Å². The number of likely N-dealkylation sites (N-methyl/N-ethyl adjacent to an activating group) is 1. The number of aliphatic hydroxyl groups is 1. The second kappa shape index (κ2) is 5.09. The zero-order valence-corrected chi connectivity index (χ0v) is 11.0. The molecule has 2 rings (SSSR count). The van der Waals surface area contributed by atoms with Gasteiger partial charge in [-0.15, -0.1) is 0 Å². The van der Waals surface area contributed by atoms with Crippen molar-refractivity contribution < 1.29 is 20.1 Å². The first-order chi connectivity index (χ1) is 8.93. The number of phenolic OH excluding ortho intramolecular Hbond substituents is 2. The van der Waals surface area contributed by atoms with Gasteiger partial charge in [0, 0.05) is 13.6 Å². The van der Waals surface area contributed by atoms with E-state index in [1.54, 1.807) is 7.05 Å². The normalized spacial score (nSPS) is 17.4. The molecule has 0 saturated heterocycles. The highest BCUT2D eigenvalue weighted by Crippen LogP contribution is 2.32. The first-order valence-electron chi connectivity index (χ1n) is 6.42. The number of phenols is 2. The fraction of sp³-hybridized carbons (Fsp3) is 0.500. The third-order valence-corrected chi connectivity index (χ3v) is 3.66. The predicted molar refractivity (Wildman–Crippen MR) is 70.1 cm³/mol. The van der Waals surface area contributed by atoms with Crippen LogP contribution in [0.5, 0.6) is 11.5 Å². The summed E-state index contributed by atoms with van der Waals surface area (Å²) in [4.78, 5) is 13.6. The maximum atomic E-state index is 12.2. The SMILES string of the molecule is CN(CC1(O)CCCC1)C(=O)c1cccc(O)c1O. The van der Waals surface area contributed by atoms with Crippen molar-refractivity contribution in [2.75, 3.05) is 13.6 Å². The van der Waals surface area contributed by atoms with Crippen LogP contribution in [0.25, 0.3) is 0 Å². The van der Waals surface area contributed by atoms with Gasteiger partial charge in [0.05, 0.1) is 11.2 Å². The van der Waals surface area contributed by atoms with Crippen LogP contribution >= 0.6 is 0 Å². The summed E-state index contributed by atoms with van der Waals surface area (Å²) in [5, 5.41) is 29.4. The molecule has 0 spiro atoms. The number of para-hydroxylation sites is 1. The number of carbonyl (C=O) groups is 1. The number of aromatic hydroxyl groups is 2. The van der Waals surface area contributed by atoms with Crippen LogP contribution in [0.1, 0.15) is 36.0 Å². The van der Waals surface area contributed by atoms with Crippen LogP contribution in [0.15, 0.2) is 18.2 Å². The molecule has 1 aromatic rings. The molecular formula is C14H19NO4. The third-order valence-electron chi connectivity index (χ3n) is 3.66.